The van der Waals surface area contributed by atoms with E-state index >= 15 is 0 Å². The first-order valence-electron chi connectivity index (χ1n) is 6.82. The van der Waals surface area contributed by atoms with Crippen LogP contribution in [0.5, 0.6) is 11.5 Å². The Morgan fingerprint density at radius 2 is 2.00 bits per heavy atom. The fraction of sp³-hybridized carbons (Fsp3) is 0.600. The topological polar surface area (TPSA) is 44.5 Å². The molecule has 1 aliphatic rings. The van der Waals surface area contributed by atoms with E-state index in [1.54, 1.807) is 7.11 Å². The Balaban J connectivity index is 2.17. The minimum Gasteiger partial charge on any atom is -0.493 e. The molecule has 1 fully saturated rings. The lowest BCUT2D eigenvalue weighted by Gasteiger charge is -2.20. The van der Waals surface area contributed by atoms with Gasteiger partial charge in [-0.3, -0.25) is 0 Å². The van der Waals surface area contributed by atoms with Gasteiger partial charge in [-0.2, -0.15) is 0 Å². The molecule has 0 bridgehead atoms. The maximum atomic E-state index is 6.35. The van der Waals surface area contributed by atoms with Gasteiger partial charge in [0, 0.05) is 6.04 Å². The third kappa shape index (κ3) is 2.78. The van der Waals surface area contributed by atoms with E-state index in [0.29, 0.717) is 12.5 Å². The normalized spacial score (nSPS) is 17.7. The first kappa shape index (κ1) is 13.2. The summed E-state index contributed by atoms with van der Waals surface area (Å²) in [5, 5.41) is 0. The molecule has 0 saturated heterocycles. The molecule has 1 saturated carbocycles. The van der Waals surface area contributed by atoms with Crippen LogP contribution in [0.4, 0.5) is 0 Å². The number of rotatable bonds is 5. The van der Waals surface area contributed by atoms with Crippen LogP contribution in [0.1, 0.15) is 44.2 Å². The largest absolute Gasteiger partial charge is 0.493 e. The minimum absolute atomic E-state index is 0.122. The average molecular weight is 249 g/mol. The van der Waals surface area contributed by atoms with Crippen LogP contribution in [0.15, 0.2) is 18.2 Å². The van der Waals surface area contributed by atoms with Crippen molar-refractivity contribution in [1.29, 1.82) is 0 Å². The number of benzene rings is 1. The van der Waals surface area contributed by atoms with Gasteiger partial charge in [0.2, 0.25) is 0 Å². The van der Waals surface area contributed by atoms with Gasteiger partial charge in [0.15, 0.2) is 11.5 Å². The molecule has 0 amide bonds. The molecule has 0 radical (unpaired) electrons. The molecule has 0 aromatic heterocycles. The highest BCUT2D eigenvalue weighted by atomic mass is 16.5. The van der Waals surface area contributed by atoms with E-state index in [0.717, 1.165) is 17.1 Å². The molecule has 3 heteroatoms. The van der Waals surface area contributed by atoms with Gasteiger partial charge in [0.05, 0.1) is 13.7 Å². The van der Waals surface area contributed by atoms with E-state index in [9.17, 15) is 0 Å². The third-order valence-corrected chi connectivity index (χ3v) is 3.78. The number of ether oxygens (including phenoxy) is 2. The molecule has 1 aromatic rings. The van der Waals surface area contributed by atoms with Gasteiger partial charge in [-0.15, -0.1) is 0 Å². The molecule has 0 aliphatic heterocycles. The van der Waals surface area contributed by atoms with Gasteiger partial charge in [0.25, 0.3) is 0 Å². The molecule has 1 atom stereocenters. The first-order chi connectivity index (χ1) is 8.76. The highest BCUT2D eigenvalue weighted by Crippen LogP contribution is 2.37. The lowest BCUT2D eigenvalue weighted by Crippen LogP contribution is -2.19. The molecule has 1 aliphatic carbocycles. The fourth-order valence-electron chi connectivity index (χ4n) is 2.75. The summed E-state index contributed by atoms with van der Waals surface area (Å²) in [4.78, 5) is 0. The van der Waals surface area contributed by atoms with Crippen molar-refractivity contribution >= 4 is 0 Å². The number of methoxy groups -OCH3 is 1. The Bertz CT molecular complexity index is 386. The molecule has 3 nitrogen and oxygen atoms in total. The second-order valence-electron chi connectivity index (χ2n) is 4.91. The lowest BCUT2D eigenvalue weighted by molar-refractivity contribution is 0.310. The predicted octanol–water partition coefficient (Wildman–Crippen LogP) is 3.28. The summed E-state index contributed by atoms with van der Waals surface area (Å²) in [6, 6.07) is 6.17. The molecular weight excluding hydrogens is 226 g/mol. The summed E-state index contributed by atoms with van der Waals surface area (Å²) in [5.41, 5.74) is 7.51. The van der Waals surface area contributed by atoms with Crippen LogP contribution in [0.3, 0.4) is 0 Å². The zero-order valence-corrected chi connectivity index (χ0v) is 11.3. The Morgan fingerprint density at radius 3 is 2.61 bits per heavy atom. The summed E-state index contributed by atoms with van der Waals surface area (Å²) in [7, 11) is 1.67. The van der Waals surface area contributed by atoms with E-state index in [1.807, 2.05) is 19.1 Å². The van der Waals surface area contributed by atoms with Gasteiger partial charge in [-0.25, -0.2) is 0 Å². The minimum atomic E-state index is 0.122. The van der Waals surface area contributed by atoms with Crippen molar-refractivity contribution in [2.24, 2.45) is 11.7 Å². The number of hydrogen-bond donors (Lipinski definition) is 1. The zero-order chi connectivity index (χ0) is 13.0. The van der Waals surface area contributed by atoms with Crippen molar-refractivity contribution in [3.63, 3.8) is 0 Å². The molecular formula is C15H23NO2. The van der Waals surface area contributed by atoms with Gasteiger partial charge < -0.3 is 15.2 Å². The summed E-state index contributed by atoms with van der Waals surface area (Å²) in [6.07, 6.45) is 5.12. The van der Waals surface area contributed by atoms with E-state index in [-0.39, 0.29) is 6.04 Å². The van der Waals surface area contributed by atoms with Crippen molar-refractivity contribution in [2.75, 3.05) is 13.7 Å². The van der Waals surface area contributed by atoms with E-state index < -0.39 is 0 Å². The van der Waals surface area contributed by atoms with Gasteiger partial charge in [-0.05, 0) is 43.4 Å². The Kier molecular flexibility index (Phi) is 4.48. The Labute approximate surface area is 109 Å². The smallest absolute Gasteiger partial charge is 0.161 e. The maximum Gasteiger partial charge on any atom is 0.161 e. The van der Waals surface area contributed by atoms with Gasteiger partial charge in [-0.1, -0.05) is 18.9 Å². The van der Waals surface area contributed by atoms with Crippen LogP contribution in [-0.4, -0.2) is 13.7 Å². The second-order valence-corrected chi connectivity index (χ2v) is 4.91. The predicted molar refractivity (Wildman–Crippen MR) is 73.0 cm³/mol. The SMILES string of the molecule is CCOc1ccc([C@@H](N)C2CCCC2)cc1OC. The van der Waals surface area contributed by atoms with Crippen molar-refractivity contribution in [2.45, 2.75) is 38.6 Å². The molecule has 2 rings (SSSR count). The van der Waals surface area contributed by atoms with Crippen LogP contribution >= 0.6 is 0 Å². The van der Waals surface area contributed by atoms with Crippen molar-refractivity contribution in [1.82, 2.24) is 0 Å². The first-order valence-corrected chi connectivity index (χ1v) is 6.82. The lowest BCUT2D eigenvalue weighted by atomic mass is 9.92. The number of hydrogen-bond acceptors (Lipinski definition) is 3. The molecule has 0 unspecified atom stereocenters. The van der Waals surface area contributed by atoms with E-state index in [2.05, 4.69) is 6.07 Å². The van der Waals surface area contributed by atoms with Gasteiger partial charge in [0.1, 0.15) is 0 Å². The average Bonchev–Trinajstić information content (AvgIpc) is 2.92. The molecule has 0 spiro atoms. The van der Waals surface area contributed by atoms with E-state index in [1.165, 1.54) is 25.7 Å². The summed E-state index contributed by atoms with van der Waals surface area (Å²) in [5.74, 6) is 2.19. The van der Waals surface area contributed by atoms with Crippen LogP contribution in [0, 0.1) is 5.92 Å². The highest BCUT2D eigenvalue weighted by Gasteiger charge is 2.23. The van der Waals surface area contributed by atoms with Gasteiger partial charge >= 0.3 is 0 Å². The Hall–Kier alpha value is -1.22. The molecule has 2 N–H and O–H groups in total. The molecule has 100 valence electrons. The van der Waals surface area contributed by atoms with Crippen molar-refractivity contribution in [3.8, 4) is 11.5 Å². The summed E-state index contributed by atoms with van der Waals surface area (Å²) >= 11 is 0. The second kappa shape index (κ2) is 6.10. The van der Waals surface area contributed by atoms with Crippen molar-refractivity contribution < 1.29 is 9.47 Å². The molecule has 1 aromatic carbocycles. The Morgan fingerprint density at radius 1 is 1.28 bits per heavy atom. The zero-order valence-electron chi connectivity index (χ0n) is 11.3. The molecule has 18 heavy (non-hydrogen) atoms. The summed E-state index contributed by atoms with van der Waals surface area (Å²) in [6.45, 7) is 2.61. The molecule has 0 heterocycles. The quantitative estimate of drug-likeness (QED) is 0.871. The van der Waals surface area contributed by atoms with E-state index in [4.69, 9.17) is 15.2 Å². The number of nitrogens with two attached hydrogens (primary N) is 1. The maximum absolute atomic E-state index is 6.35. The highest BCUT2D eigenvalue weighted by molar-refractivity contribution is 5.44. The van der Waals surface area contributed by atoms with Crippen LogP contribution in [0.25, 0.3) is 0 Å². The van der Waals surface area contributed by atoms with Crippen molar-refractivity contribution in [3.05, 3.63) is 23.8 Å². The standard InChI is InChI=1S/C15H23NO2/c1-3-18-13-9-8-12(10-14(13)17-2)15(16)11-6-4-5-7-11/h8-11,15H,3-7,16H2,1-2H3/t15-/m0/s1. The third-order valence-electron chi connectivity index (χ3n) is 3.78. The monoisotopic (exact) mass is 249 g/mol. The van der Waals surface area contributed by atoms with Crippen LogP contribution in [-0.2, 0) is 0 Å². The summed E-state index contributed by atoms with van der Waals surface area (Å²) < 4.78 is 10.9. The fourth-order valence-corrected chi connectivity index (χ4v) is 2.75. The van der Waals surface area contributed by atoms with Crippen LogP contribution in [0.2, 0.25) is 0 Å². The van der Waals surface area contributed by atoms with Crippen LogP contribution < -0.4 is 15.2 Å².